The average Bonchev–Trinajstić information content (AvgIpc) is 3.45. The van der Waals surface area contributed by atoms with E-state index in [4.69, 9.17) is 0 Å². The van der Waals surface area contributed by atoms with E-state index >= 15 is 4.57 Å². The van der Waals surface area contributed by atoms with Crippen molar-refractivity contribution in [2.75, 3.05) is 6.16 Å². The van der Waals surface area contributed by atoms with Crippen LogP contribution in [-0.2, 0) is 11.0 Å². The molecule has 1 aliphatic carbocycles. The van der Waals surface area contributed by atoms with E-state index in [9.17, 15) is 0 Å². The summed E-state index contributed by atoms with van der Waals surface area (Å²) in [6.45, 7) is 0. The number of allylic oxidation sites excluding steroid dienone is 2. The Hall–Kier alpha value is -6.47. The van der Waals surface area contributed by atoms with Gasteiger partial charge >= 0.3 is 0 Å². The predicted octanol–water partition coefficient (Wildman–Crippen LogP) is 13.2. The van der Waals surface area contributed by atoms with Gasteiger partial charge in [0.1, 0.15) is 7.14 Å². The van der Waals surface area contributed by atoms with Crippen LogP contribution in [0.2, 0.25) is 0 Å². The van der Waals surface area contributed by atoms with Crippen LogP contribution in [0, 0.1) is 0 Å². The summed E-state index contributed by atoms with van der Waals surface area (Å²) in [6.07, 6.45) is 2.43. The standard InChI is InChI=1S/C55H42NOP/c57-58(44-23-11-4-12-24-44)37-50(39-19-7-2-8-20-39)55-48-35-41(42-32-34-52-49(36-42)46-25-13-15-27-51(46)56(52)43-21-9-3-10-22-43)30-29-40(48)31-33-45(38-17-5-1-6-18-38)54(55)47-26-14-16-28-53(47)58/h1-30,32,34-36,45,50H,31,33,37H2. The van der Waals surface area contributed by atoms with Gasteiger partial charge in [-0.05, 0) is 99.3 Å². The molecular formula is C55H42NOP. The zero-order chi connectivity index (χ0) is 38.6. The van der Waals surface area contributed by atoms with Crippen molar-refractivity contribution >= 4 is 50.7 Å². The number of rotatable bonds is 5. The van der Waals surface area contributed by atoms with Gasteiger partial charge < -0.3 is 9.13 Å². The molecule has 1 aromatic heterocycles. The summed E-state index contributed by atoms with van der Waals surface area (Å²) >= 11 is 0. The second-order valence-electron chi connectivity index (χ2n) is 15.9. The summed E-state index contributed by atoms with van der Waals surface area (Å²) in [4.78, 5) is 0. The van der Waals surface area contributed by atoms with Gasteiger partial charge in [0.25, 0.3) is 0 Å². The lowest BCUT2D eigenvalue weighted by molar-refractivity contribution is 0.585. The molecule has 0 spiro atoms. The fourth-order valence-electron chi connectivity index (χ4n) is 10.1. The number of hydrogen-bond acceptors (Lipinski definition) is 1. The van der Waals surface area contributed by atoms with Gasteiger partial charge in [-0.1, -0.05) is 170 Å². The van der Waals surface area contributed by atoms with Gasteiger partial charge in [0.2, 0.25) is 0 Å². The Bertz CT molecular complexity index is 3060. The van der Waals surface area contributed by atoms with E-state index in [-0.39, 0.29) is 11.8 Å². The smallest absolute Gasteiger partial charge is 0.144 e. The lowest BCUT2D eigenvalue weighted by atomic mass is 9.76. The van der Waals surface area contributed by atoms with E-state index in [1.165, 1.54) is 66.3 Å². The Labute approximate surface area is 340 Å². The molecule has 0 saturated heterocycles. The minimum Gasteiger partial charge on any atom is -0.314 e. The van der Waals surface area contributed by atoms with Crippen molar-refractivity contribution in [3.05, 3.63) is 234 Å². The second kappa shape index (κ2) is 14.2. The monoisotopic (exact) mass is 763 g/mol. The second-order valence-corrected chi connectivity index (χ2v) is 18.7. The van der Waals surface area contributed by atoms with E-state index in [1.54, 1.807) is 0 Å². The minimum absolute atomic E-state index is 0.0979. The van der Waals surface area contributed by atoms with Gasteiger partial charge in [0, 0.05) is 45.1 Å². The summed E-state index contributed by atoms with van der Waals surface area (Å²) in [7, 11) is -3.13. The summed E-state index contributed by atoms with van der Waals surface area (Å²) in [5.74, 6) is 0.0291. The molecule has 0 N–H and O–H groups in total. The molecule has 58 heavy (non-hydrogen) atoms. The van der Waals surface area contributed by atoms with Crippen molar-refractivity contribution in [2.45, 2.75) is 24.7 Å². The van der Waals surface area contributed by atoms with Crippen molar-refractivity contribution in [2.24, 2.45) is 0 Å². The highest BCUT2D eigenvalue weighted by Crippen LogP contribution is 2.59. The molecule has 2 heterocycles. The molecular weight excluding hydrogens is 722 g/mol. The molecule has 8 aromatic carbocycles. The Morgan fingerprint density at radius 3 is 1.79 bits per heavy atom. The summed E-state index contributed by atoms with van der Waals surface area (Å²) in [5, 5.41) is 4.39. The fraction of sp³-hybridized carbons (Fsp3) is 0.0909. The van der Waals surface area contributed by atoms with Crippen LogP contribution in [-0.4, -0.2) is 10.7 Å². The molecule has 0 radical (unpaired) electrons. The molecule has 1 aliphatic heterocycles. The Kier molecular flexibility index (Phi) is 8.49. The first-order valence-electron chi connectivity index (χ1n) is 20.5. The van der Waals surface area contributed by atoms with Crippen molar-refractivity contribution < 1.29 is 4.57 Å². The molecule has 3 atom stereocenters. The van der Waals surface area contributed by atoms with Gasteiger partial charge in [0.05, 0.1) is 11.0 Å². The number of fused-ring (bicyclic) bond motifs is 7. The average molecular weight is 764 g/mol. The lowest BCUT2D eigenvalue weighted by Gasteiger charge is -2.27. The zero-order valence-corrected chi connectivity index (χ0v) is 33.1. The van der Waals surface area contributed by atoms with Crippen LogP contribution in [0.4, 0.5) is 0 Å². The van der Waals surface area contributed by atoms with Crippen LogP contribution in [0.15, 0.2) is 206 Å². The number of aromatic nitrogens is 1. The highest BCUT2D eigenvalue weighted by atomic mass is 31.2. The third-order valence-electron chi connectivity index (χ3n) is 12.7. The molecule has 2 aliphatic rings. The molecule has 278 valence electrons. The van der Waals surface area contributed by atoms with Gasteiger partial charge in [0.15, 0.2) is 0 Å². The number of hydrogen-bond donors (Lipinski definition) is 0. The maximum Gasteiger partial charge on any atom is 0.144 e. The molecule has 3 unspecified atom stereocenters. The normalized spacial score (nSPS) is 18.9. The van der Waals surface area contributed by atoms with Crippen LogP contribution in [0.1, 0.15) is 46.1 Å². The molecule has 3 heteroatoms. The van der Waals surface area contributed by atoms with Gasteiger partial charge in [-0.15, -0.1) is 0 Å². The molecule has 9 aromatic rings. The Morgan fingerprint density at radius 2 is 1.03 bits per heavy atom. The van der Waals surface area contributed by atoms with E-state index in [0.717, 1.165) is 34.7 Å². The Balaban J connectivity index is 1.18. The van der Waals surface area contributed by atoms with Crippen LogP contribution in [0.25, 0.3) is 49.8 Å². The molecule has 2 nitrogen and oxygen atoms in total. The van der Waals surface area contributed by atoms with Gasteiger partial charge in [-0.2, -0.15) is 0 Å². The van der Waals surface area contributed by atoms with E-state index in [0.29, 0.717) is 6.16 Å². The topological polar surface area (TPSA) is 22.0 Å². The van der Waals surface area contributed by atoms with E-state index < -0.39 is 7.14 Å². The van der Waals surface area contributed by atoms with Crippen LogP contribution in [0.5, 0.6) is 0 Å². The maximum absolute atomic E-state index is 16.2. The molecule has 0 saturated carbocycles. The number of benzene rings is 8. The Morgan fingerprint density at radius 1 is 0.466 bits per heavy atom. The van der Waals surface area contributed by atoms with Crippen molar-refractivity contribution in [1.82, 2.24) is 4.57 Å². The maximum atomic E-state index is 16.2. The number of para-hydroxylation sites is 2. The zero-order valence-electron chi connectivity index (χ0n) is 32.2. The van der Waals surface area contributed by atoms with E-state index in [2.05, 4.69) is 193 Å². The van der Waals surface area contributed by atoms with Crippen LogP contribution < -0.4 is 10.6 Å². The quantitative estimate of drug-likeness (QED) is 0.160. The van der Waals surface area contributed by atoms with Gasteiger partial charge in [-0.25, -0.2) is 0 Å². The molecule has 0 amide bonds. The molecule has 0 bridgehead atoms. The summed E-state index contributed by atoms with van der Waals surface area (Å²) in [5.41, 5.74) is 14.9. The van der Waals surface area contributed by atoms with Crippen molar-refractivity contribution in [3.8, 4) is 16.8 Å². The third-order valence-corrected chi connectivity index (χ3v) is 15.9. The summed E-state index contributed by atoms with van der Waals surface area (Å²) in [6, 6.07) is 74.4. The van der Waals surface area contributed by atoms with E-state index in [1.807, 2.05) is 18.2 Å². The molecule has 0 fully saturated rings. The van der Waals surface area contributed by atoms with Crippen molar-refractivity contribution in [3.63, 3.8) is 0 Å². The number of nitrogens with zero attached hydrogens (tertiary/aromatic N) is 1. The summed E-state index contributed by atoms with van der Waals surface area (Å²) < 4.78 is 18.6. The largest absolute Gasteiger partial charge is 0.314 e. The first kappa shape index (κ1) is 34.8. The first-order valence-corrected chi connectivity index (χ1v) is 22.4. The molecule has 11 rings (SSSR count). The fourth-order valence-corrected chi connectivity index (χ4v) is 13.2. The van der Waals surface area contributed by atoms with Gasteiger partial charge in [-0.3, -0.25) is 0 Å². The highest BCUT2D eigenvalue weighted by Gasteiger charge is 2.42. The third kappa shape index (κ3) is 5.66. The lowest BCUT2D eigenvalue weighted by Crippen LogP contribution is -2.22. The minimum atomic E-state index is -3.13. The first-order chi connectivity index (χ1) is 28.7. The van der Waals surface area contributed by atoms with Crippen LogP contribution >= 0.6 is 7.14 Å². The number of aryl methyl sites for hydroxylation is 1. The predicted molar refractivity (Wildman–Crippen MR) is 244 cm³/mol. The SMILES string of the molecule is O=P1(c2ccccc2)CC(c2ccccc2)C2=C(c3ccccc31)C(c1ccccc1)CCc1ccc(-c3ccc4c(c3)c3ccccc3n4-c3ccccc3)cc12. The van der Waals surface area contributed by atoms with Crippen LogP contribution in [0.3, 0.4) is 0 Å². The highest BCUT2D eigenvalue weighted by molar-refractivity contribution is 7.79. The van der Waals surface area contributed by atoms with Crippen molar-refractivity contribution in [1.29, 1.82) is 0 Å².